The summed E-state index contributed by atoms with van der Waals surface area (Å²) < 4.78 is 40.7. The van der Waals surface area contributed by atoms with Crippen molar-refractivity contribution >= 4 is 11.6 Å². The summed E-state index contributed by atoms with van der Waals surface area (Å²) in [7, 11) is 0. The highest BCUT2D eigenvalue weighted by molar-refractivity contribution is 6.21. The SMILES string of the molecule is Fc1cc(F)c(C(Cl)C23CC4CC(CC(C4)C2)C3)cc1F. The van der Waals surface area contributed by atoms with E-state index in [2.05, 4.69) is 0 Å². The Kier molecular flexibility index (Phi) is 3.08. The molecule has 1 aromatic rings. The Labute approximate surface area is 127 Å². The Hall–Kier alpha value is -0.700. The quantitative estimate of drug-likeness (QED) is 0.492. The zero-order valence-electron chi connectivity index (χ0n) is 11.7. The zero-order valence-corrected chi connectivity index (χ0v) is 12.5. The molecule has 0 heterocycles. The molecule has 1 atom stereocenters. The van der Waals surface area contributed by atoms with E-state index in [1.165, 1.54) is 19.3 Å². The molecule has 4 heteroatoms. The summed E-state index contributed by atoms with van der Waals surface area (Å²) in [5.74, 6) is -0.820. The van der Waals surface area contributed by atoms with Crippen LogP contribution >= 0.6 is 11.6 Å². The Morgan fingerprint density at radius 1 is 0.857 bits per heavy atom. The molecule has 0 saturated heterocycles. The molecule has 4 saturated carbocycles. The van der Waals surface area contributed by atoms with E-state index < -0.39 is 22.8 Å². The number of rotatable bonds is 2. The monoisotopic (exact) mass is 314 g/mol. The van der Waals surface area contributed by atoms with Crippen molar-refractivity contribution in [3.8, 4) is 0 Å². The normalized spacial score (nSPS) is 38.8. The van der Waals surface area contributed by atoms with Gasteiger partial charge >= 0.3 is 0 Å². The van der Waals surface area contributed by atoms with Crippen LogP contribution in [0.15, 0.2) is 12.1 Å². The van der Waals surface area contributed by atoms with Gasteiger partial charge in [-0.3, -0.25) is 0 Å². The van der Waals surface area contributed by atoms with E-state index >= 15 is 0 Å². The van der Waals surface area contributed by atoms with Crippen molar-refractivity contribution in [2.45, 2.75) is 43.9 Å². The fourth-order valence-electron chi connectivity index (χ4n) is 5.55. The molecule has 0 radical (unpaired) electrons. The molecule has 5 rings (SSSR count). The van der Waals surface area contributed by atoms with Gasteiger partial charge in [-0.2, -0.15) is 0 Å². The lowest BCUT2D eigenvalue weighted by Crippen LogP contribution is -2.48. The smallest absolute Gasteiger partial charge is 0.161 e. The van der Waals surface area contributed by atoms with E-state index in [-0.39, 0.29) is 11.0 Å². The Morgan fingerprint density at radius 2 is 1.33 bits per heavy atom. The zero-order chi connectivity index (χ0) is 14.8. The highest BCUT2D eigenvalue weighted by Crippen LogP contribution is 2.65. The van der Waals surface area contributed by atoms with Crippen molar-refractivity contribution in [3.63, 3.8) is 0 Å². The minimum atomic E-state index is -1.15. The van der Waals surface area contributed by atoms with E-state index in [9.17, 15) is 13.2 Å². The summed E-state index contributed by atoms with van der Waals surface area (Å²) in [6.45, 7) is 0. The van der Waals surface area contributed by atoms with E-state index in [1.54, 1.807) is 0 Å². The third-order valence-electron chi connectivity index (χ3n) is 5.94. The van der Waals surface area contributed by atoms with Gasteiger partial charge in [0.1, 0.15) is 5.82 Å². The van der Waals surface area contributed by atoms with Crippen LogP contribution in [0.2, 0.25) is 0 Å². The first-order valence-corrected chi connectivity index (χ1v) is 8.19. The van der Waals surface area contributed by atoms with Gasteiger partial charge in [-0.15, -0.1) is 11.6 Å². The number of benzene rings is 1. The van der Waals surface area contributed by atoms with Gasteiger partial charge in [0.15, 0.2) is 11.6 Å². The van der Waals surface area contributed by atoms with E-state index in [4.69, 9.17) is 11.6 Å². The highest BCUT2D eigenvalue weighted by atomic mass is 35.5. The standard InChI is InChI=1S/C17H18ClF3/c18-16(12-4-14(20)15(21)5-13(12)19)17-6-9-1-10(7-17)3-11(2-9)8-17/h4-5,9-11,16H,1-3,6-8H2. The lowest BCUT2D eigenvalue weighted by molar-refractivity contribution is -0.0556. The van der Waals surface area contributed by atoms with Crippen molar-refractivity contribution in [2.24, 2.45) is 23.2 Å². The molecular weight excluding hydrogens is 297 g/mol. The molecule has 4 fully saturated rings. The molecule has 0 spiro atoms. The fourth-order valence-corrected chi connectivity index (χ4v) is 5.98. The molecule has 0 aliphatic heterocycles. The summed E-state index contributed by atoms with van der Waals surface area (Å²) in [4.78, 5) is 0. The molecule has 0 nitrogen and oxygen atoms in total. The predicted octanol–water partition coefficient (Wildman–Crippen LogP) is 5.60. The largest absolute Gasteiger partial charge is 0.207 e. The molecule has 4 bridgehead atoms. The van der Waals surface area contributed by atoms with E-state index in [1.807, 2.05) is 0 Å². The number of halogens is 4. The van der Waals surface area contributed by atoms with Crippen molar-refractivity contribution in [3.05, 3.63) is 35.1 Å². The third kappa shape index (κ3) is 2.11. The van der Waals surface area contributed by atoms with Gasteiger partial charge in [0, 0.05) is 11.6 Å². The highest BCUT2D eigenvalue weighted by Gasteiger charge is 2.54. The number of hydrogen-bond acceptors (Lipinski definition) is 0. The first-order chi connectivity index (χ1) is 9.97. The molecule has 4 aliphatic carbocycles. The molecule has 1 unspecified atom stereocenters. The molecule has 0 N–H and O–H groups in total. The lowest BCUT2D eigenvalue weighted by Gasteiger charge is -2.58. The van der Waals surface area contributed by atoms with Crippen LogP contribution in [0.3, 0.4) is 0 Å². The van der Waals surface area contributed by atoms with Gasteiger partial charge < -0.3 is 0 Å². The predicted molar refractivity (Wildman–Crippen MR) is 75.5 cm³/mol. The number of hydrogen-bond donors (Lipinski definition) is 0. The Balaban J connectivity index is 1.71. The second-order valence-corrected chi connectivity index (χ2v) is 7.87. The Morgan fingerprint density at radius 3 is 1.86 bits per heavy atom. The summed E-state index contributed by atoms with van der Waals surface area (Å²) in [5, 5.41) is -0.555. The average molecular weight is 315 g/mol. The van der Waals surface area contributed by atoms with Gasteiger partial charge in [0.25, 0.3) is 0 Å². The maximum absolute atomic E-state index is 14.1. The second kappa shape index (κ2) is 4.65. The van der Waals surface area contributed by atoms with Gasteiger partial charge in [0.2, 0.25) is 0 Å². The van der Waals surface area contributed by atoms with Crippen LogP contribution in [-0.2, 0) is 0 Å². The average Bonchev–Trinajstić information content (AvgIpc) is 2.40. The second-order valence-electron chi connectivity index (χ2n) is 7.43. The van der Waals surface area contributed by atoms with Crippen LogP contribution in [-0.4, -0.2) is 0 Å². The minimum absolute atomic E-state index is 0.124. The summed E-state index contributed by atoms with van der Waals surface area (Å²) in [6, 6.07) is 1.58. The van der Waals surface area contributed by atoms with Gasteiger partial charge in [-0.25, -0.2) is 13.2 Å². The summed E-state index contributed by atoms with van der Waals surface area (Å²) in [6.07, 6.45) is 6.82. The van der Waals surface area contributed by atoms with E-state index in [0.29, 0.717) is 23.8 Å². The lowest BCUT2D eigenvalue weighted by atomic mass is 9.48. The molecular formula is C17H18ClF3. The maximum atomic E-state index is 14.1. The Bertz CT molecular complexity index is 548. The molecule has 1 aromatic carbocycles. The fraction of sp³-hybridized carbons (Fsp3) is 0.647. The summed E-state index contributed by atoms with van der Waals surface area (Å²) >= 11 is 6.63. The molecule has 4 aliphatic rings. The van der Waals surface area contributed by atoms with Crippen molar-refractivity contribution in [1.82, 2.24) is 0 Å². The molecule has 0 amide bonds. The summed E-state index contributed by atoms with van der Waals surface area (Å²) in [5.41, 5.74) is 0.0130. The first-order valence-electron chi connectivity index (χ1n) is 7.75. The van der Waals surface area contributed by atoms with Crippen LogP contribution in [0.25, 0.3) is 0 Å². The number of alkyl halides is 1. The maximum Gasteiger partial charge on any atom is 0.161 e. The van der Waals surface area contributed by atoms with Gasteiger partial charge in [-0.1, -0.05) is 0 Å². The van der Waals surface area contributed by atoms with Crippen molar-refractivity contribution < 1.29 is 13.2 Å². The van der Waals surface area contributed by atoms with Crippen LogP contribution in [0.5, 0.6) is 0 Å². The molecule has 21 heavy (non-hydrogen) atoms. The van der Waals surface area contributed by atoms with Crippen molar-refractivity contribution in [2.75, 3.05) is 0 Å². The van der Waals surface area contributed by atoms with Gasteiger partial charge in [0.05, 0.1) is 5.38 Å². The van der Waals surface area contributed by atoms with Crippen LogP contribution in [0, 0.1) is 40.6 Å². The van der Waals surface area contributed by atoms with Gasteiger partial charge in [-0.05, 0) is 67.8 Å². The van der Waals surface area contributed by atoms with Crippen LogP contribution in [0.4, 0.5) is 13.2 Å². The van der Waals surface area contributed by atoms with Crippen molar-refractivity contribution in [1.29, 1.82) is 0 Å². The topological polar surface area (TPSA) is 0 Å². The first kappa shape index (κ1) is 13.9. The third-order valence-corrected chi connectivity index (χ3v) is 6.63. The van der Waals surface area contributed by atoms with Crippen LogP contribution in [0.1, 0.15) is 49.5 Å². The van der Waals surface area contributed by atoms with Crippen LogP contribution < -0.4 is 0 Å². The minimum Gasteiger partial charge on any atom is -0.207 e. The molecule has 0 aromatic heterocycles. The molecule has 114 valence electrons. The van der Waals surface area contributed by atoms with E-state index in [0.717, 1.165) is 25.3 Å².